The van der Waals surface area contributed by atoms with Gasteiger partial charge in [-0.2, -0.15) is 0 Å². The maximum atomic E-state index is 13.1. The van der Waals surface area contributed by atoms with Crippen LogP contribution in [-0.2, 0) is 22.6 Å². The fourth-order valence-corrected chi connectivity index (χ4v) is 3.01. The first kappa shape index (κ1) is 20.7. The predicted molar refractivity (Wildman–Crippen MR) is 109 cm³/mol. The van der Waals surface area contributed by atoms with Gasteiger partial charge >= 0.3 is 0 Å². The summed E-state index contributed by atoms with van der Waals surface area (Å²) < 4.78 is 0. The first-order chi connectivity index (χ1) is 13.0. The average molecular weight is 367 g/mol. The molecule has 0 bridgehead atoms. The first-order valence-corrected chi connectivity index (χ1v) is 9.72. The van der Waals surface area contributed by atoms with E-state index in [9.17, 15) is 9.59 Å². The fourth-order valence-electron chi connectivity index (χ4n) is 3.01. The summed E-state index contributed by atoms with van der Waals surface area (Å²) in [5.74, 6) is -0.111. The van der Waals surface area contributed by atoms with Crippen LogP contribution >= 0.6 is 0 Å². The van der Waals surface area contributed by atoms with E-state index in [1.807, 2.05) is 81.4 Å². The summed E-state index contributed by atoms with van der Waals surface area (Å²) in [6.45, 7) is 6.40. The second-order valence-electron chi connectivity index (χ2n) is 6.91. The summed E-state index contributed by atoms with van der Waals surface area (Å²) in [7, 11) is 0. The molecule has 0 saturated heterocycles. The Bertz CT molecular complexity index is 716. The molecule has 4 nitrogen and oxygen atoms in total. The standard InChI is InChI=1S/C23H30N2O2/c1-4-18(3)24-23(27)21(5-2)25(17-20-14-10-7-11-15-20)22(26)16-19-12-8-6-9-13-19/h6-15,18,21H,4-5,16-17H2,1-3H3,(H,24,27)/t18-,21+/m0/s1. The van der Waals surface area contributed by atoms with Crippen molar-refractivity contribution < 1.29 is 9.59 Å². The van der Waals surface area contributed by atoms with Gasteiger partial charge < -0.3 is 10.2 Å². The molecule has 0 radical (unpaired) electrons. The molecule has 1 N–H and O–H groups in total. The van der Waals surface area contributed by atoms with Crippen LogP contribution in [-0.4, -0.2) is 28.8 Å². The Morgan fingerprint density at radius 1 is 0.889 bits per heavy atom. The minimum absolute atomic E-state index is 0.0313. The normalized spacial score (nSPS) is 12.9. The number of rotatable bonds is 9. The Labute approximate surface area is 162 Å². The topological polar surface area (TPSA) is 49.4 Å². The van der Waals surface area contributed by atoms with Crippen LogP contribution in [0.1, 0.15) is 44.7 Å². The molecule has 0 saturated carbocycles. The highest BCUT2D eigenvalue weighted by Crippen LogP contribution is 2.15. The number of benzene rings is 2. The van der Waals surface area contributed by atoms with E-state index in [1.54, 1.807) is 4.90 Å². The molecular weight excluding hydrogens is 336 g/mol. The van der Waals surface area contributed by atoms with E-state index >= 15 is 0 Å². The molecule has 27 heavy (non-hydrogen) atoms. The maximum Gasteiger partial charge on any atom is 0.243 e. The van der Waals surface area contributed by atoms with Crippen molar-refractivity contribution in [2.24, 2.45) is 0 Å². The van der Waals surface area contributed by atoms with Gasteiger partial charge in [0.25, 0.3) is 0 Å². The third-order valence-electron chi connectivity index (χ3n) is 4.78. The average Bonchev–Trinajstić information content (AvgIpc) is 2.69. The monoisotopic (exact) mass is 366 g/mol. The molecule has 0 aliphatic heterocycles. The summed E-state index contributed by atoms with van der Waals surface area (Å²) in [6.07, 6.45) is 1.73. The van der Waals surface area contributed by atoms with Gasteiger partial charge in [0.05, 0.1) is 6.42 Å². The molecule has 4 heteroatoms. The second-order valence-corrected chi connectivity index (χ2v) is 6.91. The molecule has 2 aromatic rings. The van der Waals surface area contributed by atoms with Crippen LogP contribution in [0.3, 0.4) is 0 Å². The van der Waals surface area contributed by atoms with Gasteiger partial charge in [-0.1, -0.05) is 74.5 Å². The molecule has 0 aromatic heterocycles. The zero-order chi connectivity index (χ0) is 19.6. The van der Waals surface area contributed by atoms with E-state index in [0.29, 0.717) is 19.4 Å². The number of amides is 2. The van der Waals surface area contributed by atoms with Crippen LogP contribution in [0.2, 0.25) is 0 Å². The van der Waals surface area contributed by atoms with Gasteiger partial charge in [-0.15, -0.1) is 0 Å². The minimum Gasteiger partial charge on any atom is -0.352 e. The van der Waals surface area contributed by atoms with Crippen LogP contribution in [0.5, 0.6) is 0 Å². The quantitative estimate of drug-likeness (QED) is 0.730. The lowest BCUT2D eigenvalue weighted by atomic mass is 10.1. The molecule has 0 fully saturated rings. The van der Waals surface area contributed by atoms with Crippen molar-refractivity contribution in [3.05, 3.63) is 71.8 Å². The van der Waals surface area contributed by atoms with Gasteiger partial charge in [0, 0.05) is 12.6 Å². The molecule has 0 spiro atoms. The molecule has 0 unspecified atom stereocenters. The molecule has 0 aliphatic carbocycles. The summed E-state index contributed by atoms with van der Waals surface area (Å²) in [6, 6.07) is 19.1. The van der Waals surface area contributed by atoms with Crippen LogP contribution in [0.4, 0.5) is 0 Å². The van der Waals surface area contributed by atoms with Crippen molar-refractivity contribution in [1.29, 1.82) is 0 Å². The van der Waals surface area contributed by atoms with Crippen molar-refractivity contribution in [2.75, 3.05) is 0 Å². The summed E-state index contributed by atoms with van der Waals surface area (Å²) in [5.41, 5.74) is 1.98. The predicted octanol–water partition coefficient (Wildman–Crippen LogP) is 3.95. The van der Waals surface area contributed by atoms with Gasteiger partial charge in [0.1, 0.15) is 6.04 Å². The maximum absolute atomic E-state index is 13.1. The largest absolute Gasteiger partial charge is 0.352 e. The number of hydrogen-bond acceptors (Lipinski definition) is 2. The SMILES string of the molecule is CC[C@H](C(=O)N[C@@H](C)CC)N(Cc1ccccc1)C(=O)Cc1ccccc1. The highest BCUT2D eigenvalue weighted by molar-refractivity contribution is 5.88. The lowest BCUT2D eigenvalue weighted by Gasteiger charge is -2.31. The summed E-state index contributed by atoms with van der Waals surface area (Å²) >= 11 is 0. The Balaban J connectivity index is 2.23. The number of nitrogens with zero attached hydrogens (tertiary/aromatic N) is 1. The summed E-state index contributed by atoms with van der Waals surface area (Å²) in [5, 5.41) is 3.03. The van der Waals surface area contributed by atoms with Gasteiger partial charge in [-0.25, -0.2) is 0 Å². The van der Waals surface area contributed by atoms with Crippen molar-refractivity contribution in [1.82, 2.24) is 10.2 Å². The van der Waals surface area contributed by atoms with Crippen LogP contribution < -0.4 is 5.32 Å². The Kier molecular flexibility index (Phi) is 8.05. The van der Waals surface area contributed by atoms with E-state index < -0.39 is 6.04 Å². The molecule has 2 rings (SSSR count). The van der Waals surface area contributed by atoms with E-state index in [4.69, 9.17) is 0 Å². The van der Waals surface area contributed by atoms with E-state index in [1.165, 1.54) is 0 Å². The molecule has 0 heterocycles. The van der Waals surface area contributed by atoms with Gasteiger partial charge in [-0.3, -0.25) is 9.59 Å². The second kappa shape index (κ2) is 10.5. The third-order valence-corrected chi connectivity index (χ3v) is 4.78. The molecule has 2 amide bonds. The number of nitrogens with one attached hydrogen (secondary N) is 1. The highest BCUT2D eigenvalue weighted by Gasteiger charge is 2.29. The Morgan fingerprint density at radius 3 is 1.96 bits per heavy atom. The fraction of sp³-hybridized carbons (Fsp3) is 0.391. The minimum atomic E-state index is -0.476. The van der Waals surface area contributed by atoms with Crippen molar-refractivity contribution >= 4 is 11.8 Å². The van der Waals surface area contributed by atoms with Crippen molar-refractivity contribution in [2.45, 2.75) is 58.7 Å². The van der Waals surface area contributed by atoms with Crippen LogP contribution in [0, 0.1) is 0 Å². The van der Waals surface area contributed by atoms with E-state index in [0.717, 1.165) is 17.5 Å². The molecule has 2 aromatic carbocycles. The Morgan fingerprint density at radius 2 is 1.44 bits per heavy atom. The number of carbonyl (C=O) groups excluding carboxylic acids is 2. The lowest BCUT2D eigenvalue weighted by Crippen LogP contribution is -2.51. The number of carbonyl (C=O) groups is 2. The lowest BCUT2D eigenvalue weighted by molar-refractivity contribution is -0.141. The highest BCUT2D eigenvalue weighted by atomic mass is 16.2. The zero-order valence-electron chi connectivity index (χ0n) is 16.5. The molecule has 2 atom stereocenters. The summed E-state index contributed by atoms with van der Waals surface area (Å²) in [4.78, 5) is 27.7. The number of hydrogen-bond donors (Lipinski definition) is 1. The smallest absolute Gasteiger partial charge is 0.243 e. The van der Waals surface area contributed by atoms with Crippen molar-refractivity contribution in [3.8, 4) is 0 Å². The van der Waals surface area contributed by atoms with Crippen molar-refractivity contribution in [3.63, 3.8) is 0 Å². The molecule has 0 aliphatic rings. The van der Waals surface area contributed by atoms with Gasteiger partial charge in [-0.05, 0) is 30.9 Å². The zero-order valence-corrected chi connectivity index (χ0v) is 16.5. The van der Waals surface area contributed by atoms with Gasteiger partial charge in [0.15, 0.2) is 0 Å². The van der Waals surface area contributed by atoms with E-state index in [2.05, 4.69) is 5.32 Å². The van der Waals surface area contributed by atoms with Crippen LogP contribution in [0.25, 0.3) is 0 Å². The first-order valence-electron chi connectivity index (χ1n) is 9.72. The Hall–Kier alpha value is -2.62. The molecular formula is C23H30N2O2. The molecule has 144 valence electrons. The van der Waals surface area contributed by atoms with Crippen LogP contribution in [0.15, 0.2) is 60.7 Å². The van der Waals surface area contributed by atoms with E-state index in [-0.39, 0.29) is 17.9 Å². The van der Waals surface area contributed by atoms with Gasteiger partial charge in [0.2, 0.25) is 11.8 Å². The third kappa shape index (κ3) is 6.24.